The van der Waals surface area contributed by atoms with Gasteiger partial charge in [0, 0.05) is 30.3 Å². The first-order chi connectivity index (χ1) is 16.9. The lowest BCUT2D eigenvalue weighted by Gasteiger charge is -2.19. The highest BCUT2D eigenvalue weighted by atomic mass is 16.6. The van der Waals surface area contributed by atoms with Gasteiger partial charge in [0.05, 0.1) is 27.8 Å². The second-order valence-electron chi connectivity index (χ2n) is 8.44. The Morgan fingerprint density at radius 2 is 1.86 bits per heavy atom. The fourth-order valence-electron chi connectivity index (χ4n) is 3.95. The summed E-state index contributed by atoms with van der Waals surface area (Å²) in [5, 5.41) is 18.9. The van der Waals surface area contributed by atoms with E-state index in [4.69, 9.17) is 14.5 Å². The summed E-state index contributed by atoms with van der Waals surface area (Å²) >= 11 is 0. The summed E-state index contributed by atoms with van der Waals surface area (Å²) in [6.45, 7) is 5.19. The van der Waals surface area contributed by atoms with E-state index < -0.39 is 4.92 Å². The quantitative estimate of drug-likeness (QED) is 0.327. The van der Waals surface area contributed by atoms with Crippen LogP contribution in [0.15, 0.2) is 54.7 Å². The van der Waals surface area contributed by atoms with Crippen molar-refractivity contribution >= 4 is 22.6 Å². The average molecular weight is 473 g/mol. The Morgan fingerprint density at radius 1 is 1.11 bits per heavy atom. The Labute approximate surface area is 200 Å². The lowest BCUT2D eigenvalue weighted by Crippen LogP contribution is -2.23. The number of nitro benzene ring substituents is 1. The number of nitrogens with zero attached hydrogens (tertiary/aromatic N) is 4. The van der Waals surface area contributed by atoms with Crippen LogP contribution < -0.4 is 14.8 Å². The van der Waals surface area contributed by atoms with Crippen molar-refractivity contribution in [1.82, 2.24) is 20.1 Å². The van der Waals surface area contributed by atoms with Crippen LogP contribution in [0.4, 0.5) is 5.69 Å². The molecule has 1 aliphatic heterocycles. The summed E-state index contributed by atoms with van der Waals surface area (Å²) in [6, 6.07) is 13.4. The van der Waals surface area contributed by atoms with Gasteiger partial charge in [0.25, 0.3) is 11.6 Å². The molecule has 2 aromatic carbocycles. The molecule has 0 radical (unpaired) electrons. The van der Waals surface area contributed by atoms with Crippen molar-refractivity contribution < 1.29 is 19.2 Å². The Kier molecular flexibility index (Phi) is 5.77. The molecule has 1 aliphatic rings. The maximum atomic E-state index is 13.3. The third-order valence-electron chi connectivity index (χ3n) is 5.74. The Hall–Kier alpha value is -4.47. The van der Waals surface area contributed by atoms with Gasteiger partial charge in [-0.25, -0.2) is 9.67 Å². The highest BCUT2D eigenvalue weighted by Gasteiger charge is 2.20. The van der Waals surface area contributed by atoms with Crippen molar-refractivity contribution in [2.75, 3.05) is 13.2 Å². The van der Waals surface area contributed by atoms with E-state index in [1.807, 2.05) is 32.0 Å². The molecule has 5 rings (SSSR count). The van der Waals surface area contributed by atoms with Gasteiger partial charge in [-0.2, -0.15) is 5.10 Å². The number of benzene rings is 2. The van der Waals surface area contributed by atoms with Gasteiger partial charge in [0.2, 0.25) is 0 Å². The fraction of sp³-hybridized carbons (Fsp3) is 0.240. The van der Waals surface area contributed by atoms with Crippen LogP contribution in [0.2, 0.25) is 0 Å². The highest BCUT2D eigenvalue weighted by molar-refractivity contribution is 6.06. The maximum Gasteiger partial charge on any atom is 0.269 e. The minimum atomic E-state index is -0.457. The van der Waals surface area contributed by atoms with Crippen molar-refractivity contribution in [3.63, 3.8) is 0 Å². The summed E-state index contributed by atoms with van der Waals surface area (Å²) in [5.74, 6) is 1.02. The minimum Gasteiger partial charge on any atom is -0.486 e. The summed E-state index contributed by atoms with van der Waals surface area (Å²) < 4.78 is 13.1. The zero-order chi connectivity index (χ0) is 24.5. The standard InChI is InChI=1S/C25H23N5O5/c1-15(2)29-24-20(14-27-29)19(25(31)26-13-16-3-6-18(7-4-16)30(32)33)12-21(28-24)17-5-8-22-23(11-17)35-10-9-34-22/h3-8,11-12,14-15H,9-10,13H2,1-2H3,(H,26,31). The number of ether oxygens (including phenoxy) is 2. The molecule has 10 nitrogen and oxygen atoms in total. The van der Waals surface area contributed by atoms with Crippen LogP contribution in [-0.2, 0) is 6.54 Å². The smallest absolute Gasteiger partial charge is 0.269 e. The number of hydrogen-bond donors (Lipinski definition) is 1. The molecule has 0 saturated carbocycles. The number of hydrogen-bond acceptors (Lipinski definition) is 7. The number of nitro groups is 1. The maximum absolute atomic E-state index is 13.3. The van der Waals surface area contributed by atoms with Crippen LogP contribution in [0.5, 0.6) is 11.5 Å². The third-order valence-corrected chi connectivity index (χ3v) is 5.74. The number of carbonyl (C=O) groups excluding carboxylic acids is 1. The lowest BCUT2D eigenvalue weighted by atomic mass is 10.1. The van der Waals surface area contributed by atoms with Crippen molar-refractivity contribution in [3.05, 3.63) is 76.0 Å². The number of fused-ring (bicyclic) bond motifs is 2. The summed E-state index contributed by atoms with van der Waals surface area (Å²) in [5.41, 5.74) is 3.19. The molecule has 0 fully saturated rings. The minimum absolute atomic E-state index is 0.00101. The molecular formula is C25H23N5O5. The van der Waals surface area contributed by atoms with Crippen LogP contribution in [-0.4, -0.2) is 38.8 Å². The molecule has 0 saturated heterocycles. The number of amides is 1. The summed E-state index contributed by atoms with van der Waals surface area (Å²) in [7, 11) is 0. The van der Waals surface area contributed by atoms with Gasteiger partial charge in [-0.15, -0.1) is 0 Å². The zero-order valence-corrected chi connectivity index (χ0v) is 19.2. The van der Waals surface area contributed by atoms with E-state index in [0.29, 0.717) is 47.0 Å². The first-order valence-corrected chi connectivity index (χ1v) is 11.2. The van der Waals surface area contributed by atoms with E-state index in [2.05, 4.69) is 10.4 Å². The number of non-ortho nitro benzene ring substituents is 1. The molecule has 35 heavy (non-hydrogen) atoms. The van der Waals surface area contributed by atoms with E-state index in [0.717, 1.165) is 11.1 Å². The van der Waals surface area contributed by atoms with Crippen molar-refractivity contribution in [2.45, 2.75) is 26.4 Å². The molecule has 0 bridgehead atoms. The molecule has 0 aliphatic carbocycles. The predicted octanol–water partition coefficient (Wildman–Crippen LogP) is 4.29. The van der Waals surface area contributed by atoms with E-state index in [1.165, 1.54) is 12.1 Å². The van der Waals surface area contributed by atoms with E-state index in [-0.39, 0.29) is 24.2 Å². The van der Waals surface area contributed by atoms with Crippen molar-refractivity contribution in [2.24, 2.45) is 0 Å². The van der Waals surface area contributed by atoms with Gasteiger partial charge in [-0.3, -0.25) is 14.9 Å². The molecule has 2 aromatic heterocycles. The molecule has 0 unspecified atom stereocenters. The van der Waals surface area contributed by atoms with Crippen LogP contribution >= 0.6 is 0 Å². The molecular weight excluding hydrogens is 450 g/mol. The van der Waals surface area contributed by atoms with Gasteiger partial charge in [0.1, 0.15) is 13.2 Å². The first kappa shape index (κ1) is 22.3. The average Bonchev–Trinajstić information content (AvgIpc) is 3.31. The summed E-state index contributed by atoms with van der Waals surface area (Å²) in [4.78, 5) is 28.5. The topological polar surface area (TPSA) is 121 Å². The largest absolute Gasteiger partial charge is 0.486 e. The van der Waals surface area contributed by atoms with Gasteiger partial charge in [0.15, 0.2) is 17.1 Å². The van der Waals surface area contributed by atoms with E-state index in [1.54, 1.807) is 29.1 Å². The number of rotatable bonds is 6. The SMILES string of the molecule is CC(C)n1ncc2c(C(=O)NCc3ccc([N+](=O)[O-])cc3)cc(-c3ccc4c(c3)OCCO4)nc21. The Balaban J connectivity index is 1.50. The van der Waals surface area contributed by atoms with Gasteiger partial charge >= 0.3 is 0 Å². The van der Waals surface area contributed by atoms with Crippen LogP contribution in [0.25, 0.3) is 22.3 Å². The monoisotopic (exact) mass is 473 g/mol. The van der Waals surface area contributed by atoms with Crippen molar-refractivity contribution in [1.29, 1.82) is 0 Å². The number of nitrogens with one attached hydrogen (secondary N) is 1. The van der Waals surface area contributed by atoms with Gasteiger partial charge in [-0.1, -0.05) is 12.1 Å². The Bertz CT molecular complexity index is 1430. The molecule has 178 valence electrons. The van der Waals surface area contributed by atoms with Gasteiger partial charge in [-0.05, 0) is 43.7 Å². The first-order valence-electron chi connectivity index (χ1n) is 11.2. The van der Waals surface area contributed by atoms with Crippen LogP contribution in [0.1, 0.15) is 35.8 Å². The highest BCUT2D eigenvalue weighted by Crippen LogP contribution is 2.35. The lowest BCUT2D eigenvalue weighted by molar-refractivity contribution is -0.384. The second kappa shape index (κ2) is 9.05. The molecule has 0 atom stereocenters. The van der Waals surface area contributed by atoms with Crippen LogP contribution in [0.3, 0.4) is 0 Å². The molecule has 3 heterocycles. The predicted molar refractivity (Wildman–Crippen MR) is 129 cm³/mol. The third kappa shape index (κ3) is 4.37. The van der Waals surface area contributed by atoms with Crippen LogP contribution in [0, 0.1) is 10.1 Å². The molecule has 4 aromatic rings. The number of carbonyl (C=O) groups is 1. The van der Waals surface area contributed by atoms with Gasteiger partial charge < -0.3 is 14.8 Å². The van der Waals surface area contributed by atoms with E-state index >= 15 is 0 Å². The fourth-order valence-corrected chi connectivity index (χ4v) is 3.95. The molecule has 0 spiro atoms. The normalized spacial score (nSPS) is 12.7. The zero-order valence-electron chi connectivity index (χ0n) is 19.2. The number of aromatic nitrogens is 3. The van der Waals surface area contributed by atoms with Crippen molar-refractivity contribution in [3.8, 4) is 22.8 Å². The second-order valence-corrected chi connectivity index (χ2v) is 8.44. The van der Waals surface area contributed by atoms with E-state index in [9.17, 15) is 14.9 Å². The Morgan fingerprint density at radius 3 is 2.57 bits per heavy atom. The number of pyridine rings is 1. The molecule has 10 heteroatoms. The molecule has 1 amide bonds. The summed E-state index contributed by atoms with van der Waals surface area (Å²) in [6.07, 6.45) is 1.65. The molecule has 1 N–H and O–H groups in total.